The predicted molar refractivity (Wildman–Crippen MR) is 97.2 cm³/mol. The molecule has 0 radical (unpaired) electrons. The molecule has 0 fully saturated rings. The molecule has 1 heterocycles. The van der Waals surface area contributed by atoms with E-state index in [1.807, 2.05) is 0 Å². The van der Waals surface area contributed by atoms with Crippen LogP contribution in [0.1, 0.15) is 29.3 Å². The van der Waals surface area contributed by atoms with E-state index in [1.165, 1.54) is 10.4 Å². The third kappa shape index (κ3) is 5.09. The summed E-state index contributed by atoms with van der Waals surface area (Å²) in [7, 11) is 0. The number of hydrogen-bond donors (Lipinski definition) is 1. The Hall–Kier alpha value is -0.360. The van der Waals surface area contributed by atoms with Gasteiger partial charge in [0.25, 0.3) is 0 Å². The summed E-state index contributed by atoms with van der Waals surface area (Å²) in [5, 5.41) is 3.44. The van der Waals surface area contributed by atoms with Gasteiger partial charge in [0, 0.05) is 21.5 Å². The Bertz CT molecular complexity index is 598. The molecule has 0 atom stereocenters. The highest BCUT2D eigenvalue weighted by atomic mass is 79.9. The number of rotatable bonds is 7. The molecule has 0 saturated heterocycles. The van der Waals surface area contributed by atoms with Crippen molar-refractivity contribution in [2.24, 2.45) is 0 Å². The highest BCUT2D eigenvalue weighted by molar-refractivity contribution is 9.11. The van der Waals surface area contributed by atoms with Crippen LogP contribution in [0.2, 0.25) is 0 Å². The summed E-state index contributed by atoms with van der Waals surface area (Å²) in [6.07, 6.45) is 1.13. The number of benzene rings is 1. The van der Waals surface area contributed by atoms with Crippen LogP contribution in [0, 0.1) is 6.92 Å². The number of nitrogens with one attached hydrogen (secondary N) is 1. The molecule has 114 valence electrons. The highest BCUT2D eigenvalue weighted by Crippen LogP contribution is 2.30. The van der Waals surface area contributed by atoms with Crippen molar-refractivity contribution in [1.29, 1.82) is 0 Å². The third-order valence-electron chi connectivity index (χ3n) is 3.05. The fourth-order valence-electron chi connectivity index (χ4n) is 2.11. The second-order valence-electron chi connectivity index (χ2n) is 4.88. The molecule has 0 aliphatic rings. The van der Waals surface area contributed by atoms with Crippen LogP contribution in [0.4, 0.5) is 0 Å². The van der Waals surface area contributed by atoms with Crippen molar-refractivity contribution >= 4 is 43.2 Å². The van der Waals surface area contributed by atoms with Gasteiger partial charge in [-0.05, 0) is 65.6 Å². The first kappa shape index (κ1) is 17.0. The summed E-state index contributed by atoms with van der Waals surface area (Å²) in [5.41, 5.74) is 2.36. The maximum atomic E-state index is 6.08. The fourth-order valence-corrected chi connectivity index (χ4v) is 4.13. The van der Waals surface area contributed by atoms with Crippen LogP contribution in [0.25, 0.3) is 0 Å². The van der Waals surface area contributed by atoms with Gasteiger partial charge in [0.1, 0.15) is 12.4 Å². The smallest absolute Gasteiger partial charge is 0.127 e. The van der Waals surface area contributed by atoms with E-state index in [0.717, 1.165) is 39.1 Å². The summed E-state index contributed by atoms with van der Waals surface area (Å²) < 4.78 is 8.32. The van der Waals surface area contributed by atoms with Crippen molar-refractivity contribution in [3.05, 3.63) is 48.5 Å². The zero-order valence-corrected chi connectivity index (χ0v) is 16.2. The van der Waals surface area contributed by atoms with E-state index in [4.69, 9.17) is 4.74 Å². The van der Waals surface area contributed by atoms with Gasteiger partial charge in [-0.25, -0.2) is 0 Å². The molecule has 2 rings (SSSR count). The molecule has 0 amide bonds. The van der Waals surface area contributed by atoms with Gasteiger partial charge in [-0.2, -0.15) is 0 Å². The van der Waals surface area contributed by atoms with E-state index in [0.29, 0.717) is 6.61 Å². The molecule has 1 aromatic carbocycles. The Morgan fingerprint density at radius 3 is 2.71 bits per heavy atom. The number of aryl methyl sites for hydroxylation is 1. The lowest BCUT2D eigenvalue weighted by molar-refractivity contribution is 0.303. The lowest BCUT2D eigenvalue weighted by Gasteiger charge is -2.15. The maximum Gasteiger partial charge on any atom is 0.127 e. The number of ether oxygens (including phenoxy) is 1. The van der Waals surface area contributed by atoms with E-state index in [1.54, 1.807) is 11.3 Å². The van der Waals surface area contributed by atoms with Gasteiger partial charge >= 0.3 is 0 Å². The summed E-state index contributed by atoms with van der Waals surface area (Å²) in [5.74, 6) is 0.992. The van der Waals surface area contributed by atoms with E-state index >= 15 is 0 Å². The lowest BCUT2D eigenvalue weighted by atomic mass is 10.1. The summed E-state index contributed by atoms with van der Waals surface area (Å²) >= 11 is 8.76. The summed E-state index contributed by atoms with van der Waals surface area (Å²) in [6, 6.07) is 8.39. The normalized spacial score (nSPS) is 10.9. The Balaban J connectivity index is 2.12. The summed E-state index contributed by atoms with van der Waals surface area (Å²) in [6.45, 7) is 6.72. The SMILES string of the molecule is CCCNCc1cc(Br)cc(C)c1OCc1ccc(Br)s1. The van der Waals surface area contributed by atoms with Crippen molar-refractivity contribution in [2.45, 2.75) is 33.4 Å². The van der Waals surface area contributed by atoms with Crippen molar-refractivity contribution in [1.82, 2.24) is 5.32 Å². The van der Waals surface area contributed by atoms with Crippen LogP contribution >= 0.6 is 43.2 Å². The number of halogens is 2. The van der Waals surface area contributed by atoms with Gasteiger partial charge in [0.15, 0.2) is 0 Å². The van der Waals surface area contributed by atoms with Gasteiger partial charge < -0.3 is 10.1 Å². The molecule has 2 nitrogen and oxygen atoms in total. The minimum atomic E-state index is 0.611. The molecule has 0 spiro atoms. The van der Waals surface area contributed by atoms with Crippen LogP contribution in [0.5, 0.6) is 5.75 Å². The molecular weight excluding hydrogens is 414 g/mol. The molecule has 0 aliphatic heterocycles. The Morgan fingerprint density at radius 2 is 2.05 bits per heavy atom. The number of thiophene rings is 1. The van der Waals surface area contributed by atoms with Crippen LogP contribution in [-0.2, 0) is 13.2 Å². The van der Waals surface area contributed by atoms with Crippen molar-refractivity contribution in [3.8, 4) is 5.75 Å². The Labute approximate surface area is 147 Å². The van der Waals surface area contributed by atoms with Crippen LogP contribution in [0.15, 0.2) is 32.5 Å². The molecule has 0 bridgehead atoms. The van der Waals surface area contributed by atoms with Crippen LogP contribution < -0.4 is 10.1 Å². The monoisotopic (exact) mass is 431 g/mol. The third-order valence-corrected chi connectivity index (χ3v) is 5.10. The second-order valence-corrected chi connectivity index (χ2v) is 8.35. The lowest BCUT2D eigenvalue weighted by Crippen LogP contribution is -2.15. The average Bonchev–Trinajstić information content (AvgIpc) is 2.83. The van der Waals surface area contributed by atoms with E-state index < -0.39 is 0 Å². The molecule has 5 heteroatoms. The van der Waals surface area contributed by atoms with Crippen molar-refractivity contribution in [3.63, 3.8) is 0 Å². The molecule has 0 aliphatic carbocycles. The first-order valence-electron chi connectivity index (χ1n) is 6.97. The van der Waals surface area contributed by atoms with Gasteiger partial charge in [-0.3, -0.25) is 0 Å². The number of hydrogen-bond acceptors (Lipinski definition) is 3. The molecule has 0 unspecified atom stereocenters. The van der Waals surface area contributed by atoms with Crippen LogP contribution in [0.3, 0.4) is 0 Å². The highest BCUT2D eigenvalue weighted by Gasteiger charge is 2.10. The topological polar surface area (TPSA) is 21.3 Å². The fraction of sp³-hybridized carbons (Fsp3) is 0.375. The summed E-state index contributed by atoms with van der Waals surface area (Å²) in [4.78, 5) is 1.22. The quantitative estimate of drug-likeness (QED) is 0.569. The maximum absolute atomic E-state index is 6.08. The Kier molecular flexibility index (Phi) is 6.74. The van der Waals surface area contributed by atoms with Crippen molar-refractivity contribution < 1.29 is 4.74 Å². The largest absolute Gasteiger partial charge is 0.487 e. The molecule has 1 N–H and O–H groups in total. The second kappa shape index (κ2) is 8.32. The predicted octanol–water partition coefficient (Wildman–Crippen LogP) is 5.66. The first-order chi connectivity index (χ1) is 10.1. The van der Waals surface area contributed by atoms with Gasteiger partial charge in [-0.15, -0.1) is 11.3 Å². The van der Waals surface area contributed by atoms with E-state index in [2.05, 4.69) is 75.3 Å². The average molecular weight is 433 g/mol. The van der Waals surface area contributed by atoms with E-state index in [9.17, 15) is 0 Å². The molecule has 1 aromatic heterocycles. The standard InChI is InChI=1S/C16H19Br2NOS/c1-3-6-19-9-12-8-13(17)7-11(2)16(12)20-10-14-4-5-15(18)21-14/h4-5,7-8,19H,3,6,9-10H2,1-2H3. The zero-order chi connectivity index (χ0) is 15.2. The van der Waals surface area contributed by atoms with Crippen LogP contribution in [-0.4, -0.2) is 6.54 Å². The van der Waals surface area contributed by atoms with Gasteiger partial charge in [-0.1, -0.05) is 22.9 Å². The van der Waals surface area contributed by atoms with Crippen molar-refractivity contribution in [2.75, 3.05) is 6.54 Å². The molecule has 2 aromatic rings. The van der Waals surface area contributed by atoms with E-state index in [-0.39, 0.29) is 0 Å². The minimum Gasteiger partial charge on any atom is -0.487 e. The molecule has 0 saturated carbocycles. The minimum absolute atomic E-state index is 0.611. The molecule has 21 heavy (non-hydrogen) atoms. The molecular formula is C16H19Br2NOS. The van der Waals surface area contributed by atoms with Gasteiger partial charge in [0.2, 0.25) is 0 Å². The zero-order valence-electron chi connectivity index (χ0n) is 12.2. The first-order valence-corrected chi connectivity index (χ1v) is 9.37. The Morgan fingerprint density at radius 1 is 1.24 bits per heavy atom. The van der Waals surface area contributed by atoms with Gasteiger partial charge in [0.05, 0.1) is 3.79 Å².